The molecule has 3 rings (SSSR count). The van der Waals surface area contributed by atoms with Gasteiger partial charge in [0.1, 0.15) is 0 Å². The fraction of sp³-hybridized carbons (Fsp3) is 0.933. The molecule has 0 radical (unpaired) electrons. The van der Waals surface area contributed by atoms with E-state index in [9.17, 15) is 4.79 Å². The molecule has 2 heterocycles. The first-order valence-corrected chi connectivity index (χ1v) is 7.81. The van der Waals surface area contributed by atoms with Crippen molar-refractivity contribution in [3.8, 4) is 0 Å². The lowest BCUT2D eigenvalue weighted by molar-refractivity contribution is -0.131. The van der Waals surface area contributed by atoms with Crippen LogP contribution in [0.5, 0.6) is 0 Å². The summed E-state index contributed by atoms with van der Waals surface area (Å²) < 4.78 is 0. The summed E-state index contributed by atoms with van der Waals surface area (Å²) in [7, 11) is 0. The Balaban J connectivity index is 1.49. The Morgan fingerprint density at radius 1 is 1.00 bits per heavy atom. The normalized spacial score (nSPS) is 33.4. The first-order valence-electron chi connectivity index (χ1n) is 7.81. The van der Waals surface area contributed by atoms with Crippen molar-refractivity contribution in [3.05, 3.63) is 0 Å². The van der Waals surface area contributed by atoms with Gasteiger partial charge in [0.15, 0.2) is 0 Å². The van der Waals surface area contributed by atoms with E-state index >= 15 is 0 Å². The molecule has 3 aliphatic rings. The first kappa shape index (κ1) is 12.5. The van der Waals surface area contributed by atoms with Gasteiger partial charge < -0.3 is 10.2 Å². The molecule has 0 bridgehead atoms. The summed E-state index contributed by atoms with van der Waals surface area (Å²) >= 11 is 0. The summed E-state index contributed by atoms with van der Waals surface area (Å²) in [5, 5.41) is 3.44. The second-order valence-electron chi connectivity index (χ2n) is 6.54. The van der Waals surface area contributed by atoms with Gasteiger partial charge in [-0.25, -0.2) is 0 Å². The van der Waals surface area contributed by atoms with Crippen molar-refractivity contribution >= 4 is 5.91 Å². The van der Waals surface area contributed by atoms with Crippen molar-refractivity contribution in [2.75, 3.05) is 26.2 Å². The third kappa shape index (κ3) is 2.71. The van der Waals surface area contributed by atoms with E-state index in [0.29, 0.717) is 11.8 Å². The van der Waals surface area contributed by atoms with Gasteiger partial charge in [-0.3, -0.25) is 4.79 Å². The first-order chi connectivity index (χ1) is 8.83. The Bertz CT molecular complexity index is 285. The number of carbonyl (C=O) groups excluding carboxylic acids is 1. The van der Waals surface area contributed by atoms with Crippen molar-refractivity contribution in [2.24, 2.45) is 17.8 Å². The van der Waals surface area contributed by atoms with E-state index in [1.165, 1.54) is 38.5 Å². The van der Waals surface area contributed by atoms with Gasteiger partial charge in [0.25, 0.3) is 0 Å². The van der Waals surface area contributed by atoms with Crippen LogP contribution in [0.25, 0.3) is 0 Å². The van der Waals surface area contributed by atoms with E-state index in [4.69, 9.17) is 0 Å². The molecule has 3 heteroatoms. The Labute approximate surface area is 110 Å². The standard InChI is InChI=1S/C15H26N2O/c18-15(7-12-5-3-1-2-4-6-12)17-10-13-8-16-9-14(13)11-17/h12-14,16H,1-11H2. The summed E-state index contributed by atoms with van der Waals surface area (Å²) in [6.07, 6.45) is 8.84. The highest BCUT2D eigenvalue weighted by Crippen LogP contribution is 2.30. The van der Waals surface area contributed by atoms with Crippen LogP contribution in [0.4, 0.5) is 0 Å². The second kappa shape index (κ2) is 5.60. The molecule has 0 aromatic heterocycles. The number of nitrogens with zero attached hydrogens (tertiary/aromatic N) is 1. The van der Waals surface area contributed by atoms with Crippen LogP contribution in [0.2, 0.25) is 0 Å². The molecule has 102 valence electrons. The van der Waals surface area contributed by atoms with Crippen LogP contribution >= 0.6 is 0 Å². The molecule has 2 unspecified atom stereocenters. The molecule has 1 aliphatic carbocycles. The van der Waals surface area contributed by atoms with Crippen molar-refractivity contribution in [1.29, 1.82) is 0 Å². The fourth-order valence-corrected chi connectivity index (χ4v) is 4.00. The Hall–Kier alpha value is -0.570. The van der Waals surface area contributed by atoms with Gasteiger partial charge in [0, 0.05) is 32.6 Å². The molecule has 1 amide bonds. The minimum absolute atomic E-state index is 0.441. The van der Waals surface area contributed by atoms with E-state index in [1.54, 1.807) is 0 Å². The molecule has 0 spiro atoms. The smallest absolute Gasteiger partial charge is 0.222 e. The molecule has 1 N–H and O–H groups in total. The van der Waals surface area contributed by atoms with E-state index < -0.39 is 0 Å². The van der Waals surface area contributed by atoms with Crippen molar-refractivity contribution < 1.29 is 4.79 Å². The predicted molar refractivity (Wildman–Crippen MR) is 72.2 cm³/mol. The number of hydrogen-bond acceptors (Lipinski definition) is 2. The van der Waals surface area contributed by atoms with Crippen LogP contribution in [-0.4, -0.2) is 37.0 Å². The molecule has 2 aliphatic heterocycles. The monoisotopic (exact) mass is 250 g/mol. The van der Waals surface area contributed by atoms with Gasteiger partial charge in [0.2, 0.25) is 5.91 Å². The van der Waals surface area contributed by atoms with Crippen molar-refractivity contribution in [1.82, 2.24) is 10.2 Å². The quantitative estimate of drug-likeness (QED) is 0.761. The topological polar surface area (TPSA) is 32.3 Å². The van der Waals surface area contributed by atoms with Gasteiger partial charge in [0.05, 0.1) is 0 Å². The van der Waals surface area contributed by atoms with E-state index in [1.807, 2.05) is 0 Å². The maximum absolute atomic E-state index is 12.4. The minimum atomic E-state index is 0.441. The minimum Gasteiger partial charge on any atom is -0.342 e. The Morgan fingerprint density at radius 3 is 2.22 bits per heavy atom. The predicted octanol–water partition coefficient (Wildman–Crippen LogP) is 2.02. The summed E-state index contributed by atoms with van der Waals surface area (Å²) in [5.74, 6) is 2.60. The average Bonchev–Trinajstić information content (AvgIpc) is 2.85. The third-order valence-electron chi connectivity index (χ3n) is 5.18. The summed E-state index contributed by atoms with van der Waals surface area (Å²) in [5.41, 5.74) is 0. The zero-order valence-electron chi connectivity index (χ0n) is 11.4. The number of likely N-dealkylation sites (tertiary alicyclic amines) is 1. The van der Waals surface area contributed by atoms with E-state index in [2.05, 4.69) is 10.2 Å². The molecule has 0 aromatic carbocycles. The van der Waals surface area contributed by atoms with Gasteiger partial charge in [-0.15, -0.1) is 0 Å². The zero-order chi connectivity index (χ0) is 12.4. The zero-order valence-corrected chi connectivity index (χ0v) is 11.4. The molecular weight excluding hydrogens is 224 g/mol. The molecular formula is C15H26N2O. The lowest BCUT2D eigenvalue weighted by atomic mass is 9.96. The Kier molecular flexibility index (Phi) is 3.88. The van der Waals surface area contributed by atoms with Crippen LogP contribution in [0.1, 0.15) is 44.9 Å². The number of hydrogen-bond donors (Lipinski definition) is 1. The summed E-state index contributed by atoms with van der Waals surface area (Å²) in [4.78, 5) is 14.5. The number of fused-ring (bicyclic) bond motifs is 1. The van der Waals surface area contributed by atoms with Crippen molar-refractivity contribution in [3.63, 3.8) is 0 Å². The highest BCUT2D eigenvalue weighted by Gasteiger charge is 2.38. The highest BCUT2D eigenvalue weighted by molar-refractivity contribution is 5.76. The number of rotatable bonds is 2. The third-order valence-corrected chi connectivity index (χ3v) is 5.18. The molecule has 3 nitrogen and oxygen atoms in total. The molecule has 3 fully saturated rings. The van der Waals surface area contributed by atoms with Gasteiger partial charge in [-0.2, -0.15) is 0 Å². The van der Waals surface area contributed by atoms with Gasteiger partial charge in [-0.05, 0) is 30.6 Å². The Morgan fingerprint density at radius 2 is 1.61 bits per heavy atom. The van der Waals surface area contributed by atoms with Crippen LogP contribution in [-0.2, 0) is 4.79 Å². The molecule has 2 saturated heterocycles. The molecule has 0 aromatic rings. The van der Waals surface area contributed by atoms with Gasteiger partial charge in [-0.1, -0.05) is 25.7 Å². The second-order valence-corrected chi connectivity index (χ2v) is 6.54. The maximum atomic E-state index is 12.4. The maximum Gasteiger partial charge on any atom is 0.222 e. The molecule has 2 atom stereocenters. The van der Waals surface area contributed by atoms with E-state index in [0.717, 1.165) is 44.4 Å². The summed E-state index contributed by atoms with van der Waals surface area (Å²) in [6, 6.07) is 0. The lowest BCUT2D eigenvalue weighted by Crippen LogP contribution is -2.33. The average molecular weight is 250 g/mol. The summed E-state index contributed by atoms with van der Waals surface area (Å²) in [6.45, 7) is 4.28. The molecule has 1 saturated carbocycles. The highest BCUT2D eigenvalue weighted by atomic mass is 16.2. The van der Waals surface area contributed by atoms with Crippen LogP contribution in [0, 0.1) is 17.8 Å². The van der Waals surface area contributed by atoms with Crippen LogP contribution in [0.3, 0.4) is 0 Å². The van der Waals surface area contributed by atoms with Crippen LogP contribution < -0.4 is 5.32 Å². The largest absolute Gasteiger partial charge is 0.342 e. The number of nitrogens with one attached hydrogen (secondary N) is 1. The van der Waals surface area contributed by atoms with E-state index in [-0.39, 0.29) is 0 Å². The number of carbonyl (C=O) groups is 1. The van der Waals surface area contributed by atoms with Gasteiger partial charge >= 0.3 is 0 Å². The fourth-order valence-electron chi connectivity index (χ4n) is 4.00. The van der Waals surface area contributed by atoms with Crippen LogP contribution in [0.15, 0.2) is 0 Å². The molecule has 18 heavy (non-hydrogen) atoms. The lowest BCUT2D eigenvalue weighted by Gasteiger charge is -2.21. The number of amides is 1. The SMILES string of the molecule is O=C(CC1CCCCCC1)N1CC2CNCC2C1. The van der Waals surface area contributed by atoms with Crippen molar-refractivity contribution in [2.45, 2.75) is 44.9 Å².